The second-order valence-corrected chi connectivity index (χ2v) is 8.29. The third-order valence-electron chi connectivity index (χ3n) is 5.20. The third-order valence-corrected chi connectivity index (χ3v) is 6.14. The van der Waals surface area contributed by atoms with Gasteiger partial charge in [-0.15, -0.1) is 11.3 Å². The SMILES string of the molecule is CCC(=O)CCCCC[C@@H](C(=O)NCc1csc(-c2ccccc2)n1)N1C=CNC1. The first-order chi connectivity index (χ1) is 14.7. The highest BCUT2D eigenvalue weighted by molar-refractivity contribution is 7.13. The minimum absolute atomic E-state index is 0.0160. The van der Waals surface area contributed by atoms with Gasteiger partial charge < -0.3 is 15.5 Å². The number of thiazole rings is 1. The van der Waals surface area contributed by atoms with Crippen LogP contribution in [0.25, 0.3) is 10.6 Å². The van der Waals surface area contributed by atoms with Crippen LogP contribution in [0, 0.1) is 0 Å². The minimum atomic E-state index is -0.217. The fraction of sp³-hybridized carbons (Fsp3) is 0.435. The molecular weight excluding hydrogens is 396 g/mol. The molecule has 0 saturated heterocycles. The molecule has 1 aliphatic heterocycles. The highest BCUT2D eigenvalue weighted by Crippen LogP contribution is 2.23. The molecule has 0 fully saturated rings. The number of nitrogens with one attached hydrogen (secondary N) is 2. The first kappa shape index (κ1) is 22.0. The number of Topliss-reactive ketones (excluding diaryl/α,β-unsaturated/α-hetero) is 1. The topological polar surface area (TPSA) is 74.3 Å². The molecule has 2 N–H and O–H groups in total. The van der Waals surface area contributed by atoms with E-state index < -0.39 is 0 Å². The van der Waals surface area contributed by atoms with Crippen molar-refractivity contribution in [1.29, 1.82) is 0 Å². The normalized spacial score (nSPS) is 13.8. The van der Waals surface area contributed by atoms with Gasteiger partial charge in [0.15, 0.2) is 0 Å². The van der Waals surface area contributed by atoms with E-state index in [-0.39, 0.29) is 11.9 Å². The summed E-state index contributed by atoms with van der Waals surface area (Å²) < 4.78 is 0. The van der Waals surface area contributed by atoms with Crippen molar-refractivity contribution >= 4 is 23.0 Å². The van der Waals surface area contributed by atoms with Crippen LogP contribution in [-0.4, -0.2) is 34.3 Å². The quantitative estimate of drug-likeness (QED) is 0.501. The van der Waals surface area contributed by atoms with Crippen molar-refractivity contribution in [3.05, 3.63) is 53.8 Å². The Hall–Kier alpha value is -2.67. The molecule has 3 rings (SSSR count). The molecule has 30 heavy (non-hydrogen) atoms. The molecule has 1 amide bonds. The molecule has 0 spiro atoms. The van der Waals surface area contributed by atoms with Crippen LogP contribution < -0.4 is 10.6 Å². The summed E-state index contributed by atoms with van der Waals surface area (Å²) in [6, 6.07) is 9.85. The summed E-state index contributed by atoms with van der Waals surface area (Å²) in [6.45, 7) is 2.97. The molecule has 1 aromatic carbocycles. The molecular formula is C23H30N4O2S. The van der Waals surface area contributed by atoms with E-state index in [1.165, 1.54) is 0 Å². The van der Waals surface area contributed by atoms with Crippen LogP contribution in [0.5, 0.6) is 0 Å². The Morgan fingerprint density at radius 3 is 2.80 bits per heavy atom. The first-order valence-corrected chi connectivity index (χ1v) is 11.5. The van der Waals surface area contributed by atoms with E-state index in [0.717, 1.165) is 41.9 Å². The van der Waals surface area contributed by atoms with Crippen molar-refractivity contribution in [3.63, 3.8) is 0 Å². The van der Waals surface area contributed by atoms with Gasteiger partial charge in [0.05, 0.1) is 18.9 Å². The highest BCUT2D eigenvalue weighted by Gasteiger charge is 2.24. The third kappa shape index (κ3) is 6.42. The zero-order valence-electron chi connectivity index (χ0n) is 17.5. The molecule has 160 valence electrons. The van der Waals surface area contributed by atoms with Gasteiger partial charge in [0, 0.05) is 36.2 Å². The number of rotatable bonds is 12. The van der Waals surface area contributed by atoms with Gasteiger partial charge in [0.2, 0.25) is 5.91 Å². The molecule has 1 aliphatic rings. The summed E-state index contributed by atoms with van der Waals surface area (Å²) in [5.41, 5.74) is 1.96. The van der Waals surface area contributed by atoms with E-state index in [2.05, 4.69) is 15.6 Å². The standard InChI is InChI=1S/C23H30N4O2S/c1-2-20(28)11-7-4-8-12-21(27-14-13-24-17-27)22(29)25-15-19-16-30-23(26-19)18-9-5-3-6-10-18/h3,5-6,9-10,13-14,16,21,24H,2,4,7-8,11-12,15,17H2,1H3,(H,25,29)/t21-/m0/s1. The smallest absolute Gasteiger partial charge is 0.243 e. The summed E-state index contributed by atoms with van der Waals surface area (Å²) in [5, 5.41) is 9.16. The Balaban J connectivity index is 1.50. The lowest BCUT2D eigenvalue weighted by Crippen LogP contribution is -2.45. The van der Waals surface area contributed by atoms with Crippen molar-refractivity contribution in [2.75, 3.05) is 6.67 Å². The number of carbonyl (C=O) groups is 2. The van der Waals surface area contributed by atoms with Gasteiger partial charge in [-0.25, -0.2) is 4.98 Å². The summed E-state index contributed by atoms with van der Waals surface area (Å²) in [4.78, 5) is 31.0. The van der Waals surface area contributed by atoms with Crippen LogP contribution in [0.3, 0.4) is 0 Å². The monoisotopic (exact) mass is 426 g/mol. The van der Waals surface area contributed by atoms with Gasteiger partial charge in [0.1, 0.15) is 16.8 Å². The van der Waals surface area contributed by atoms with Crippen molar-refractivity contribution in [2.24, 2.45) is 0 Å². The highest BCUT2D eigenvalue weighted by atomic mass is 32.1. The Bertz CT molecular complexity index is 850. The van der Waals surface area contributed by atoms with Gasteiger partial charge in [-0.1, -0.05) is 50.1 Å². The lowest BCUT2D eigenvalue weighted by molar-refractivity contribution is -0.126. The molecule has 6 nitrogen and oxygen atoms in total. The summed E-state index contributed by atoms with van der Waals surface area (Å²) in [5.74, 6) is 0.330. The molecule has 0 aliphatic carbocycles. The van der Waals surface area contributed by atoms with Crippen LogP contribution in [0.2, 0.25) is 0 Å². The van der Waals surface area contributed by atoms with Gasteiger partial charge in [-0.2, -0.15) is 0 Å². The van der Waals surface area contributed by atoms with E-state index in [1.54, 1.807) is 11.3 Å². The van der Waals surface area contributed by atoms with Crippen molar-refractivity contribution in [1.82, 2.24) is 20.5 Å². The van der Waals surface area contributed by atoms with Crippen LogP contribution in [-0.2, 0) is 16.1 Å². The number of amides is 1. The molecule has 2 aromatic rings. The van der Waals surface area contributed by atoms with Crippen molar-refractivity contribution in [3.8, 4) is 10.6 Å². The van der Waals surface area contributed by atoms with Crippen LogP contribution >= 0.6 is 11.3 Å². The second-order valence-electron chi connectivity index (χ2n) is 7.43. The van der Waals surface area contributed by atoms with E-state index in [0.29, 0.717) is 31.8 Å². The van der Waals surface area contributed by atoms with E-state index in [4.69, 9.17) is 0 Å². The lowest BCUT2D eigenvalue weighted by Gasteiger charge is -2.26. The van der Waals surface area contributed by atoms with Crippen LogP contribution in [0.1, 0.15) is 51.1 Å². The van der Waals surface area contributed by atoms with Gasteiger partial charge in [-0.3, -0.25) is 9.59 Å². The fourth-order valence-electron chi connectivity index (χ4n) is 3.43. The Labute approximate surface area is 182 Å². The second kappa shape index (κ2) is 11.5. The number of unbranched alkanes of at least 4 members (excludes halogenated alkanes) is 2. The molecule has 1 aromatic heterocycles. The molecule has 0 bridgehead atoms. The number of benzene rings is 1. The average molecular weight is 427 g/mol. The Morgan fingerprint density at radius 2 is 2.07 bits per heavy atom. The predicted molar refractivity (Wildman–Crippen MR) is 121 cm³/mol. The first-order valence-electron chi connectivity index (χ1n) is 10.6. The van der Waals surface area contributed by atoms with Gasteiger partial charge in [-0.05, 0) is 12.8 Å². The molecule has 7 heteroatoms. The van der Waals surface area contributed by atoms with E-state index in [9.17, 15) is 9.59 Å². The fourth-order valence-corrected chi connectivity index (χ4v) is 4.26. The van der Waals surface area contributed by atoms with Crippen LogP contribution in [0.15, 0.2) is 48.1 Å². The largest absolute Gasteiger partial charge is 0.373 e. The summed E-state index contributed by atoms with van der Waals surface area (Å²) >= 11 is 1.59. The van der Waals surface area contributed by atoms with Crippen LogP contribution in [0.4, 0.5) is 0 Å². The molecule has 2 heterocycles. The zero-order valence-corrected chi connectivity index (χ0v) is 18.3. The number of ketones is 1. The maximum absolute atomic E-state index is 12.9. The average Bonchev–Trinajstić information content (AvgIpc) is 3.47. The Kier molecular flexibility index (Phi) is 8.44. The lowest BCUT2D eigenvalue weighted by atomic mass is 10.0. The number of nitrogens with zero attached hydrogens (tertiary/aromatic N) is 2. The Morgan fingerprint density at radius 1 is 1.23 bits per heavy atom. The summed E-state index contributed by atoms with van der Waals surface area (Å²) in [7, 11) is 0. The summed E-state index contributed by atoms with van der Waals surface area (Å²) in [6.07, 6.45) is 8.61. The molecule has 0 saturated carbocycles. The number of hydrogen-bond donors (Lipinski definition) is 2. The minimum Gasteiger partial charge on any atom is -0.373 e. The van der Waals surface area contributed by atoms with Crippen molar-refractivity contribution < 1.29 is 9.59 Å². The number of hydrogen-bond acceptors (Lipinski definition) is 6. The van der Waals surface area contributed by atoms with Gasteiger partial charge in [0.25, 0.3) is 0 Å². The van der Waals surface area contributed by atoms with E-state index >= 15 is 0 Å². The van der Waals surface area contributed by atoms with Crippen molar-refractivity contribution in [2.45, 2.75) is 58.0 Å². The van der Waals surface area contributed by atoms with E-state index in [1.807, 2.05) is 59.9 Å². The molecule has 0 radical (unpaired) electrons. The maximum atomic E-state index is 12.9. The number of carbonyl (C=O) groups excluding carboxylic acids is 2. The molecule has 0 unspecified atom stereocenters. The zero-order chi connectivity index (χ0) is 21.2. The number of aromatic nitrogens is 1. The predicted octanol–water partition coefficient (Wildman–Crippen LogP) is 4.06. The maximum Gasteiger partial charge on any atom is 0.243 e. The molecule has 1 atom stereocenters. The van der Waals surface area contributed by atoms with Gasteiger partial charge >= 0.3 is 0 Å².